The number of rotatable bonds is 4. The topological polar surface area (TPSA) is 98.2 Å². The van der Waals surface area contributed by atoms with Gasteiger partial charge in [-0.15, -0.1) is 0 Å². The molecule has 1 saturated heterocycles. The molecule has 0 radical (unpaired) electrons. The lowest BCUT2D eigenvalue weighted by molar-refractivity contribution is -0.382. The van der Waals surface area contributed by atoms with E-state index >= 15 is 0 Å². The molecule has 2 aromatic heterocycles. The number of nitro benzene ring substituents is 1. The molecule has 1 fully saturated rings. The van der Waals surface area contributed by atoms with Crippen LogP contribution in [0.4, 0.5) is 11.4 Å². The van der Waals surface area contributed by atoms with E-state index in [4.69, 9.17) is 4.52 Å². The highest BCUT2D eigenvalue weighted by Crippen LogP contribution is 2.37. The van der Waals surface area contributed by atoms with Crippen molar-refractivity contribution in [1.82, 2.24) is 15.1 Å². The highest BCUT2D eigenvalue weighted by Gasteiger charge is 2.28. The molecule has 8 heteroatoms. The van der Waals surface area contributed by atoms with Crippen molar-refractivity contribution in [3.63, 3.8) is 0 Å². The Morgan fingerprint density at radius 2 is 2.27 bits per heavy atom. The van der Waals surface area contributed by atoms with Crippen molar-refractivity contribution in [3.05, 3.63) is 52.3 Å². The van der Waals surface area contributed by atoms with Crippen LogP contribution in [-0.2, 0) is 6.42 Å². The fraction of sp³-hybridized carbons (Fsp3) is 0.389. The standard InChI is InChI=1S/C18H19N5O3/c1-12-20-17(21-26-12)10-13-4-3-9-22(11-13)16-7-6-15-14(5-2-8-19-15)18(16)23(24)25/h2,5-8,13H,3-4,9-11H2,1H3. The smallest absolute Gasteiger partial charge is 0.301 e. The summed E-state index contributed by atoms with van der Waals surface area (Å²) in [5.41, 5.74) is 1.43. The molecule has 0 aliphatic carbocycles. The number of pyridine rings is 1. The van der Waals surface area contributed by atoms with E-state index in [0.29, 0.717) is 34.2 Å². The second-order valence-corrected chi connectivity index (χ2v) is 6.65. The van der Waals surface area contributed by atoms with Gasteiger partial charge in [-0.25, -0.2) is 0 Å². The number of aromatic nitrogens is 3. The Bertz CT molecular complexity index is 955. The third kappa shape index (κ3) is 3.10. The van der Waals surface area contributed by atoms with Gasteiger partial charge in [-0.1, -0.05) is 5.16 Å². The predicted octanol–water partition coefficient (Wildman–Crippen LogP) is 3.29. The normalized spacial score (nSPS) is 17.6. The van der Waals surface area contributed by atoms with Crippen molar-refractivity contribution in [1.29, 1.82) is 0 Å². The van der Waals surface area contributed by atoms with Crippen LogP contribution in [-0.4, -0.2) is 33.1 Å². The summed E-state index contributed by atoms with van der Waals surface area (Å²) in [6, 6.07) is 7.16. The fourth-order valence-electron chi connectivity index (χ4n) is 3.71. The average molecular weight is 353 g/mol. The van der Waals surface area contributed by atoms with Crippen molar-refractivity contribution in [2.24, 2.45) is 5.92 Å². The van der Waals surface area contributed by atoms with Gasteiger partial charge in [-0.2, -0.15) is 4.98 Å². The summed E-state index contributed by atoms with van der Waals surface area (Å²) in [4.78, 5) is 22.1. The lowest BCUT2D eigenvalue weighted by Crippen LogP contribution is -2.36. The van der Waals surface area contributed by atoms with Gasteiger partial charge in [0.15, 0.2) is 5.82 Å². The van der Waals surface area contributed by atoms with E-state index in [1.807, 2.05) is 12.1 Å². The summed E-state index contributed by atoms with van der Waals surface area (Å²) in [7, 11) is 0. The molecule has 0 N–H and O–H groups in total. The number of aryl methyl sites for hydroxylation is 1. The molecule has 1 aromatic carbocycles. The molecular formula is C18H19N5O3. The van der Waals surface area contributed by atoms with Gasteiger partial charge in [0.05, 0.1) is 15.8 Å². The third-order valence-electron chi connectivity index (χ3n) is 4.82. The Kier molecular flexibility index (Phi) is 4.24. The number of fused-ring (bicyclic) bond motifs is 1. The van der Waals surface area contributed by atoms with Crippen molar-refractivity contribution < 1.29 is 9.45 Å². The monoisotopic (exact) mass is 353 g/mol. The first-order valence-corrected chi connectivity index (χ1v) is 8.68. The molecule has 1 unspecified atom stereocenters. The number of benzene rings is 1. The Morgan fingerprint density at radius 1 is 1.38 bits per heavy atom. The maximum Gasteiger partial charge on any atom is 0.301 e. The number of nitrogens with zero attached hydrogens (tertiary/aromatic N) is 5. The van der Waals surface area contributed by atoms with Gasteiger partial charge >= 0.3 is 5.69 Å². The van der Waals surface area contributed by atoms with Gasteiger partial charge in [-0.05, 0) is 43.0 Å². The zero-order valence-electron chi connectivity index (χ0n) is 14.5. The van der Waals surface area contributed by atoms with E-state index in [-0.39, 0.29) is 10.6 Å². The van der Waals surface area contributed by atoms with E-state index in [0.717, 1.165) is 32.4 Å². The molecule has 1 aliphatic rings. The van der Waals surface area contributed by atoms with Crippen LogP contribution in [0.1, 0.15) is 24.6 Å². The highest BCUT2D eigenvalue weighted by molar-refractivity contribution is 5.94. The minimum atomic E-state index is -0.300. The van der Waals surface area contributed by atoms with Crippen LogP contribution < -0.4 is 4.90 Å². The van der Waals surface area contributed by atoms with E-state index in [1.165, 1.54) is 0 Å². The molecule has 134 valence electrons. The first-order valence-electron chi connectivity index (χ1n) is 8.68. The number of hydrogen-bond acceptors (Lipinski definition) is 7. The second-order valence-electron chi connectivity index (χ2n) is 6.65. The molecule has 1 aliphatic heterocycles. The molecule has 1 atom stereocenters. The van der Waals surface area contributed by atoms with Crippen LogP contribution in [0.25, 0.3) is 10.9 Å². The highest BCUT2D eigenvalue weighted by atomic mass is 16.6. The Morgan fingerprint density at radius 3 is 3.04 bits per heavy atom. The van der Waals surface area contributed by atoms with Crippen LogP contribution in [0.2, 0.25) is 0 Å². The van der Waals surface area contributed by atoms with Gasteiger partial charge in [0, 0.05) is 32.6 Å². The quantitative estimate of drug-likeness (QED) is 0.524. The van der Waals surface area contributed by atoms with Crippen LogP contribution in [0.15, 0.2) is 35.0 Å². The maximum absolute atomic E-state index is 11.8. The predicted molar refractivity (Wildman–Crippen MR) is 96.1 cm³/mol. The van der Waals surface area contributed by atoms with Crippen LogP contribution in [0, 0.1) is 23.0 Å². The summed E-state index contributed by atoms with van der Waals surface area (Å²) in [5.74, 6) is 1.60. The molecule has 4 rings (SSSR count). The van der Waals surface area contributed by atoms with Crippen molar-refractivity contribution >= 4 is 22.3 Å². The van der Waals surface area contributed by atoms with Crippen molar-refractivity contribution in [2.45, 2.75) is 26.2 Å². The number of nitro groups is 1. The van der Waals surface area contributed by atoms with Crippen molar-refractivity contribution in [2.75, 3.05) is 18.0 Å². The maximum atomic E-state index is 11.8. The number of hydrogen-bond donors (Lipinski definition) is 0. The Balaban J connectivity index is 1.64. The Labute approximate surface area is 150 Å². The third-order valence-corrected chi connectivity index (χ3v) is 4.82. The summed E-state index contributed by atoms with van der Waals surface area (Å²) in [5, 5.41) is 16.3. The van der Waals surface area contributed by atoms with E-state index in [2.05, 4.69) is 20.0 Å². The van der Waals surface area contributed by atoms with Crippen LogP contribution in [0.5, 0.6) is 0 Å². The molecule has 0 amide bonds. The molecule has 3 heterocycles. The average Bonchev–Trinajstić information content (AvgIpc) is 3.05. The number of piperidine rings is 1. The molecule has 0 spiro atoms. The summed E-state index contributed by atoms with van der Waals surface area (Å²) in [6.07, 6.45) is 4.39. The zero-order valence-corrected chi connectivity index (χ0v) is 14.5. The molecule has 0 saturated carbocycles. The van der Waals surface area contributed by atoms with E-state index in [9.17, 15) is 10.1 Å². The van der Waals surface area contributed by atoms with Gasteiger partial charge in [-0.3, -0.25) is 15.1 Å². The molecule has 26 heavy (non-hydrogen) atoms. The fourth-order valence-corrected chi connectivity index (χ4v) is 3.71. The SMILES string of the molecule is Cc1nc(CC2CCCN(c3ccc4ncccc4c3[N+](=O)[O-])C2)no1. The lowest BCUT2D eigenvalue weighted by atomic mass is 9.93. The Hall–Kier alpha value is -3.03. The molecule has 8 nitrogen and oxygen atoms in total. The van der Waals surface area contributed by atoms with Gasteiger partial charge in [0.25, 0.3) is 0 Å². The van der Waals surface area contributed by atoms with Gasteiger partial charge in [0.1, 0.15) is 5.69 Å². The second kappa shape index (κ2) is 6.70. The zero-order chi connectivity index (χ0) is 18.1. The first-order chi connectivity index (χ1) is 12.6. The van der Waals surface area contributed by atoms with Gasteiger partial charge in [0.2, 0.25) is 5.89 Å². The molecule has 0 bridgehead atoms. The van der Waals surface area contributed by atoms with E-state index < -0.39 is 0 Å². The minimum Gasteiger partial charge on any atom is -0.366 e. The van der Waals surface area contributed by atoms with Crippen molar-refractivity contribution in [3.8, 4) is 0 Å². The first kappa shape index (κ1) is 16.4. The minimum absolute atomic E-state index is 0.131. The van der Waals surface area contributed by atoms with Gasteiger partial charge < -0.3 is 9.42 Å². The largest absolute Gasteiger partial charge is 0.366 e. The summed E-state index contributed by atoms with van der Waals surface area (Å²) >= 11 is 0. The van der Waals surface area contributed by atoms with Crippen LogP contribution >= 0.6 is 0 Å². The molecule has 3 aromatic rings. The summed E-state index contributed by atoms with van der Waals surface area (Å²) < 4.78 is 5.05. The molecular weight excluding hydrogens is 334 g/mol. The summed E-state index contributed by atoms with van der Waals surface area (Å²) in [6.45, 7) is 3.31. The van der Waals surface area contributed by atoms with E-state index in [1.54, 1.807) is 25.3 Å². The number of anilines is 1. The van der Waals surface area contributed by atoms with Crippen LogP contribution in [0.3, 0.4) is 0 Å². The lowest BCUT2D eigenvalue weighted by Gasteiger charge is -2.33.